The van der Waals surface area contributed by atoms with Gasteiger partial charge in [0.2, 0.25) is 0 Å². The summed E-state index contributed by atoms with van der Waals surface area (Å²) in [7, 11) is 0. The standard InChI is InChI=1S/C21H23N3O3S/c1-16-8-10-19(11-9-16)26-12-13-27-20(25)15-28-21-23-22-17(2)24(21)14-18-6-4-3-5-7-18/h3-11H,12-15H2,1-2H3. The number of carbonyl (C=O) groups excluding carboxylic acids is 1. The van der Waals surface area contributed by atoms with Crippen molar-refractivity contribution < 1.29 is 14.3 Å². The Morgan fingerprint density at radius 3 is 2.50 bits per heavy atom. The van der Waals surface area contributed by atoms with Gasteiger partial charge in [-0.05, 0) is 31.5 Å². The molecule has 146 valence electrons. The highest BCUT2D eigenvalue weighted by atomic mass is 32.2. The molecular weight excluding hydrogens is 374 g/mol. The molecule has 6 nitrogen and oxygen atoms in total. The summed E-state index contributed by atoms with van der Waals surface area (Å²) in [6, 6.07) is 17.8. The second-order valence-electron chi connectivity index (χ2n) is 6.27. The van der Waals surface area contributed by atoms with Gasteiger partial charge in [-0.2, -0.15) is 0 Å². The summed E-state index contributed by atoms with van der Waals surface area (Å²) in [4.78, 5) is 12.0. The number of esters is 1. The number of thioether (sulfide) groups is 1. The number of ether oxygens (including phenoxy) is 2. The molecule has 0 amide bonds. The molecule has 0 fully saturated rings. The van der Waals surface area contributed by atoms with Gasteiger partial charge in [0.25, 0.3) is 0 Å². The van der Waals surface area contributed by atoms with Gasteiger partial charge in [-0.1, -0.05) is 59.8 Å². The number of aromatic nitrogens is 3. The lowest BCUT2D eigenvalue weighted by atomic mass is 10.2. The molecule has 0 aliphatic rings. The van der Waals surface area contributed by atoms with E-state index in [1.54, 1.807) is 0 Å². The Balaban J connectivity index is 1.42. The van der Waals surface area contributed by atoms with E-state index in [9.17, 15) is 4.79 Å². The summed E-state index contributed by atoms with van der Waals surface area (Å²) in [5.74, 6) is 1.45. The fourth-order valence-electron chi connectivity index (χ4n) is 2.53. The Hall–Kier alpha value is -2.80. The van der Waals surface area contributed by atoms with Crippen LogP contribution in [0.25, 0.3) is 0 Å². The van der Waals surface area contributed by atoms with E-state index in [1.807, 2.05) is 60.9 Å². The van der Waals surface area contributed by atoms with Crippen LogP contribution in [-0.4, -0.2) is 39.7 Å². The molecule has 28 heavy (non-hydrogen) atoms. The lowest BCUT2D eigenvalue weighted by Gasteiger charge is -2.09. The molecule has 0 aliphatic heterocycles. The smallest absolute Gasteiger partial charge is 0.316 e. The molecule has 2 aromatic carbocycles. The average molecular weight is 398 g/mol. The predicted molar refractivity (Wildman–Crippen MR) is 109 cm³/mol. The Bertz CT molecular complexity index is 895. The van der Waals surface area contributed by atoms with Crippen LogP contribution in [0.15, 0.2) is 59.8 Å². The molecule has 1 aromatic heterocycles. The Labute approximate surface area is 168 Å². The molecule has 3 rings (SSSR count). The third-order valence-electron chi connectivity index (χ3n) is 4.04. The van der Waals surface area contributed by atoms with E-state index in [0.717, 1.165) is 17.1 Å². The van der Waals surface area contributed by atoms with E-state index in [0.29, 0.717) is 18.3 Å². The number of aryl methyl sites for hydroxylation is 2. The molecular formula is C21H23N3O3S. The number of hydrogen-bond acceptors (Lipinski definition) is 6. The minimum Gasteiger partial charge on any atom is -0.490 e. The van der Waals surface area contributed by atoms with Crippen LogP contribution in [0.5, 0.6) is 5.75 Å². The fourth-order valence-corrected chi connectivity index (χ4v) is 3.31. The molecule has 0 saturated heterocycles. The number of carbonyl (C=O) groups is 1. The lowest BCUT2D eigenvalue weighted by molar-refractivity contribution is -0.141. The van der Waals surface area contributed by atoms with Crippen LogP contribution in [0, 0.1) is 13.8 Å². The quantitative estimate of drug-likeness (QED) is 0.312. The van der Waals surface area contributed by atoms with Gasteiger partial charge in [-0.25, -0.2) is 0 Å². The van der Waals surface area contributed by atoms with Gasteiger partial charge in [0.1, 0.15) is 24.8 Å². The maximum absolute atomic E-state index is 12.0. The lowest BCUT2D eigenvalue weighted by Crippen LogP contribution is -2.14. The van der Waals surface area contributed by atoms with Crippen LogP contribution in [0.4, 0.5) is 0 Å². The number of nitrogens with zero attached hydrogens (tertiary/aromatic N) is 3. The van der Waals surface area contributed by atoms with E-state index in [-0.39, 0.29) is 18.3 Å². The third kappa shape index (κ3) is 5.85. The third-order valence-corrected chi connectivity index (χ3v) is 4.98. The van der Waals surface area contributed by atoms with Crippen LogP contribution >= 0.6 is 11.8 Å². The Morgan fingerprint density at radius 2 is 1.75 bits per heavy atom. The summed E-state index contributed by atoms with van der Waals surface area (Å²) >= 11 is 1.33. The van der Waals surface area contributed by atoms with Crippen molar-refractivity contribution in [2.75, 3.05) is 19.0 Å². The molecule has 0 saturated carbocycles. The van der Waals surface area contributed by atoms with Crippen LogP contribution < -0.4 is 4.74 Å². The van der Waals surface area contributed by atoms with Gasteiger partial charge < -0.3 is 14.0 Å². The van der Waals surface area contributed by atoms with Crippen LogP contribution in [-0.2, 0) is 16.1 Å². The van der Waals surface area contributed by atoms with E-state index < -0.39 is 0 Å². The first-order valence-corrected chi connectivity index (χ1v) is 10.0. The van der Waals surface area contributed by atoms with E-state index in [4.69, 9.17) is 9.47 Å². The van der Waals surface area contributed by atoms with Gasteiger partial charge in [-0.15, -0.1) is 10.2 Å². The molecule has 0 atom stereocenters. The van der Waals surface area contributed by atoms with Gasteiger partial charge in [-0.3, -0.25) is 4.79 Å². The molecule has 1 heterocycles. The summed E-state index contributed by atoms with van der Waals surface area (Å²) in [6.45, 7) is 5.12. The Morgan fingerprint density at radius 1 is 1.00 bits per heavy atom. The topological polar surface area (TPSA) is 66.2 Å². The Kier molecular flexibility index (Phi) is 7.08. The van der Waals surface area contributed by atoms with Crippen molar-refractivity contribution in [3.8, 4) is 5.75 Å². The summed E-state index contributed by atoms with van der Waals surface area (Å²) in [6.07, 6.45) is 0. The normalized spacial score (nSPS) is 10.6. The number of hydrogen-bond donors (Lipinski definition) is 0. The van der Waals surface area contributed by atoms with Crippen LogP contribution in [0.1, 0.15) is 17.0 Å². The maximum atomic E-state index is 12.0. The van der Waals surface area contributed by atoms with Gasteiger partial charge >= 0.3 is 5.97 Å². The van der Waals surface area contributed by atoms with Gasteiger partial charge in [0, 0.05) is 0 Å². The number of rotatable bonds is 9. The molecule has 0 unspecified atom stereocenters. The van der Waals surface area contributed by atoms with Gasteiger partial charge in [0.05, 0.1) is 12.3 Å². The van der Waals surface area contributed by atoms with Crippen molar-refractivity contribution >= 4 is 17.7 Å². The average Bonchev–Trinajstić information content (AvgIpc) is 3.05. The second kappa shape index (κ2) is 9.94. The van der Waals surface area contributed by atoms with Crippen molar-refractivity contribution in [2.45, 2.75) is 25.5 Å². The molecule has 0 bridgehead atoms. The molecule has 0 N–H and O–H groups in total. The van der Waals surface area contributed by atoms with Crippen molar-refractivity contribution in [3.05, 3.63) is 71.5 Å². The van der Waals surface area contributed by atoms with Crippen molar-refractivity contribution in [1.29, 1.82) is 0 Å². The highest BCUT2D eigenvalue weighted by molar-refractivity contribution is 7.99. The largest absolute Gasteiger partial charge is 0.490 e. The zero-order valence-corrected chi connectivity index (χ0v) is 16.8. The van der Waals surface area contributed by atoms with Crippen molar-refractivity contribution in [1.82, 2.24) is 14.8 Å². The highest BCUT2D eigenvalue weighted by Gasteiger charge is 2.13. The first-order chi connectivity index (χ1) is 13.6. The fraction of sp³-hybridized carbons (Fsp3) is 0.286. The minimum absolute atomic E-state index is 0.178. The molecule has 0 spiro atoms. The maximum Gasteiger partial charge on any atom is 0.316 e. The molecule has 7 heteroatoms. The van der Waals surface area contributed by atoms with Crippen LogP contribution in [0.3, 0.4) is 0 Å². The second-order valence-corrected chi connectivity index (χ2v) is 7.21. The highest BCUT2D eigenvalue weighted by Crippen LogP contribution is 2.18. The molecule has 3 aromatic rings. The molecule has 0 radical (unpaired) electrons. The van der Waals surface area contributed by atoms with Gasteiger partial charge in [0.15, 0.2) is 5.16 Å². The van der Waals surface area contributed by atoms with Crippen LogP contribution in [0.2, 0.25) is 0 Å². The van der Waals surface area contributed by atoms with E-state index >= 15 is 0 Å². The monoisotopic (exact) mass is 397 g/mol. The SMILES string of the molecule is Cc1ccc(OCCOC(=O)CSc2nnc(C)n2Cc2ccccc2)cc1. The zero-order valence-electron chi connectivity index (χ0n) is 16.0. The summed E-state index contributed by atoms with van der Waals surface area (Å²) in [5.41, 5.74) is 2.33. The van der Waals surface area contributed by atoms with E-state index in [2.05, 4.69) is 22.3 Å². The minimum atomic E-state index is -0.301. The zero-order chi connectivity index (χ0) is 19.8. The first-order valence-electron chi connectivity index (χ1n) is 9.03. The van der Waals surface area contributed by atoms with Crippen molar-refractivity contribution in [2.24, 2.45) is 0 Å². The predicted octanol–water partition coefficient (Wildman–Crippen LogP) is 3.66. The molecule has 0 aliphatic carbocycles. The summed E-state index contributed by atoms with van der Waals surface area (Å²) < 4.78 is 12.8. The van der Waals surface area contributed by atoms with Crippen molar-refractivity contribution in [3.63, 3.8) is 0 Å². The first kappa shape index (κ1) is 19.9. The number of benzene rings is 2. The van der Waals surface area contributed by atoms with E-state index in [1.165, 1.54) is 17.3 Å². The summed E-state index contributed by atoms with van der Waals surface area (Å²) in [5, 5.41) is 9.00.